The number of carbonyl (C=O) groups is 2. The van der Waals surface area contributed by atoms with Gasteiger partial charge in [-0.3, -0.25) is 14.5 Å². The predicted octanol–water partition coefficient (Wildman–Crippen LogP) is 3.58. The van der Waals surface area contributed by atoms with Gasteiger partial charge in [-0.1, -0.05) is 35.9 Å². The SMILES string of the molecule is Cc1ccc(CNC(=O)C2CCN(CC(=O)Nc3cc(C)cc(C)c3)CC2)cc1. The summed E-state index contributed by atoms with van der Waals surface area (Å²) in [5, 5.41) is 6.04. The molecule has 1 fully saturated rings. The quantitative estimate of drug-likeness (QED) is 0.789. The van der Waals surface area contributed by atoms with Crippen molar-refractivity contribution in [2.75, 3.05) is 25.0 Å². The van der Waals surface area contributed by atoms with Crippen LogP contribution in [0, 0.1) is 26.7 Å². The van der Waals surface area contributed by atoms with Crippen LogP contribution in [0.3, 0.4) is 0 Å². The second-order valence-corrected chi connectivity index (χ2v) is 8.18. The molecule has 0 bridgehead atoms. The Balaban J connectivity index is 1.40. The molecule has 0 atom stereocenters. The van der Waals surface area contributed by atoms with Gasteiger partial charge in [0.05, 0.1) is 6.54 Å². The van der Waals surface area contributed by atoms with E-state index in [1.807, 2.05) is 38.1 Å². The molecular formula is C24H31N3O2. The zero-order chi connectivity index (χ0) is 20.8. The van der Waals surface area contributed by atoms with Crippen LogP contribution in [0.1, 0.15) is 35.1 Å². The average molecular weight is 394 g/mol. The van der Waals surface area contributed by atoms with Crippen molar-refractivity contribution in [1.29, 1.82) is 0 Å². The van der Waals surface area contributed by atoms with Gasteiger partial charge in [-0.2, -0.15) is 0 Å². The van der Waals surface area contributed by atoms with Gasteiger partial charge in [-0.25, -0.2) is 0 Å². The minimum absolute atomic E-state index is 0.00253. The lowest BCUT2D eigenvalue weighted by atomic mass is 9.96. The van der Waals surface area contributed by atoms with Crippen molar-refractivity contribution in [3.05, 3.63) is 64.7 Å². The van der Waals surface area contributed by atoms with Crippen LogP contribution >= 0.6 is 0 Å². The fourth-order valence-corrected chi connectivity index (χ4v) is 3.84. The first-order valence-corrected chi connectivity index (χ1v) is 10.3. The van der Waals surface area contributed by atoms with Gasteiger partial charge in [-0.05, 0) is 75.5 Å². The van der Waals surface area contributed by atoms with Gasteiger partial charge in [-0.15, -0.1) is 0 Å². The highest BCUT2D eigenvalue weighted by molar-refractivity contribution is 5.92. The molecule has 29 heavy (non-hydrogen) atoms. The van der Waals surface area contributed by atoms with Crippen molar-refractivity contribution in [2.24, 2.45) is 5.92 Å². The molecule has 2 amide bonds. The largest absolute Gasteiger partial charge is 0.352 e. The van der Waals surface area contributed by atoms with Crippen LogP contribution in [0.25, 0.3) is 0 Å². The number of hydrogen-bond donors (Lipinski definition) is 2. The maximum Gasteiger partial charge on any atom is 0.238 e. The van der Waals surface area contributed by atoms with Crippen molar-refractivity contribution in [2.45, 2.75) is 40.2 Å². The molecule has 2 N–H and O–H groups in total. The van der Waals surface area contributed by atoms with E-state index < -0.39 is 0 Å². The number of rotatable bonds is 6. The molecule has 5 nitrogen and oxygen atoms in total. The Morgan fingerprint density at radius 1 is 0.931 bits per heavy atom. The van der Waals surface area contributed by atoms with Crippen LogP contribution in [0.4, 0.5) is 5.69 Å². The van der Waals surface area contributed by atoms with E-state index in [1.165, 1.54) is 5.56 Å². The zero-order valence-electron chi connectivity index (χ0n) is 17.6. The third-order valence-corrected chi connectivity index (χ3v) is 5.42. The van der Waals surface area contributed by atoms with Crippen LogP contribution < -0.4 is 10.6 Å². The first kappa shape index (κ1) is 21.1. The molecule has 154 valence electrons. The van der Waals surface area contributed by atoms with E-state index in [2.05, 4.69) is 40.7 Å². The van der Waals surface area contributed by atoms with Crippen LogP contribution in [0.5, 0.6) is 0 Å². The molecule has 0 unspecified atom stereocenters. The van der Waals surface area contributed by atoms with Gasteiger partial charge < -0.3 is 10.6 Å². The molecular weight excluding hydrogens is 362 g/mol. The Kier molecular flexibility index (Phi) is 7.04. The van der Waals surface area contributed by atoms with E-state index in [0.29, 0.717) is 13.1 Å². The Morgan fingerprint density at radius 3 is 2.17 bits per heavy atom. The van der Waals surface area contributed by atoms with Crippen molar-refractivity contribution >= 4 is 17.5 Å². The second-order valence-electron chi connectivity index (χ2n) is 8.18. The molecule has 0 spiro atoms. The maximum atomic E-state index is 12.5. The van der Waals surface area contributed by atoms with Gasteiger partial charge in [0, 0.05) is 18.2 Å². The number of benzene rings is 2. The average Bonchev–Trinajstić information content (AvgIpc) is 2.67. The lowest BCUT2D eigenvalue weighted by molar-refractivity contribution is -0.126. The smallest absolute Gasteiger partial charge is 0.238 e. The number of anilines is 1. The van der Waals surface area contributed by atoms with Gasteiger partial charge in [0.1, 0.15) is 0 Å². The third kappa shape index (κ3) is 6.43. The first-order chi connectivity index (χ1) is 13.9. The number of nitrogens with zero attached hydrogens (tertiary/aromatic N) is 1. The fraction of sp³-hybridized carbons (Fsp3) is 0.417. The number of aryl methyl sites for hydroxylation is 3. The summed E-state index contributed by atoms with van der Waals surface area (Å²) in [4.78, 5) is 27.0. The Bertz CT molecular complexity index is 833. The van der Waals surface area contributed by atoms with Gasteiger partial charge in [0.25, 0.3) is 0 Å². The van der Waals surface area contributed by atoms with E-state index >= 15 is 0 Å². The molecule has 1 aliphatic heterocycles. The Morgan fingerprint density at radius 2 is 1.55 bits per heavy atom. The van der Waals surface area contributed by atoms with Gasteiger partial charge >= 0.3 is 0 Å². The Labute approximate surface area is 173 Å². The lowest BCUT2D eigenvalue weighted by Crippen LogP contribution is -2.43. The highest BCUT2D eigenvalue weighted by Gasteiger charge is 2.25. The Hall–Kier alpha value is -2.66. The third-order valence-electron chi connectivity index (χ3n) is 5.42. The molecule has 1 saturated heterocycles. The summed E-state index contributed by atoms with van der Waals surface area (Å²) in [6.45, 7) is 8.57. The van der Waals surface area contributed by atoms with Crippen molar-refractivity contribution in [3.8, 4) is 0 Å². The predicted molar refractivity (Wildman–Crippen MR) is 117 cm³/mol. The van der Waals surface area contributed by atoms with Crippen LogP contribution in [0.15, 0.2) is 42.5 Å². The molecule has 5 heteroatoms. The van der Waals surface area contributed by atoms with Crippen molar-refractivity contribution in [3.63, 3.8) is 0 Å². The standard InChI is InChI=1S/C24H31N3O2/c1-17-4-6-20(7-5-17)15-25-24(29)21-8-10-27(11-9-21)16-23(28)26-22-13-18(2)12-19(3)14-22/h4-7,12-14,21H,8-11,15-16H2,1-3H3,(H,25,29)(H,26,28). The molecule has 0 aliphatic carbocycles. The number of piperidine rings is 1. The number of carbonyl (C=O) groups excluding carboxylic acids is 2. The summed E-state index contributed by atoms with van der Waals surface area (Å²) in [6.07, 6.45) is 1.58. The molecule has 3 rings (SSSR count). The van der Waals surface area contributed by atoms with Gasteiger partial charge in [0.2, 0.25) is 11.8 Å². The topological polar surface area (TPSA) is 61.4 Å². The van der Waals surface area contributed by atoms with Crippen LogP contribution in [-0.2, 0) is 16.1 Å². The summed E-state index contributed by atoms with van der Waals surface area (Å²) in [5.41, 5.74) is 5.45. The number of nitrogens with one attached hydrogen (secondary N) is 2. The number of likely N-dealkylation sites (tertiary alicyclic amines) is 1. The van der Waals surface area contributed by atoms with E-state index in [4.69, 9.17) is 0 Å². The molecule has 2 aromatic rings. The first-order valence-electron chi connectivity index (χ1n) is 10.3. The summed E-state index contributed by atoms with van der Waals surface area (Å²) in [6, 6.07) is 14.3. The van der Waals surface area contributed by atoms with E-state index in [0.717, 1.165) is 48.3 Å². The maximum absolute atomic E-state index is 12.5. The lowest BCUT2D eigenvalue weighted by Gasteiger charge is -2.30. The molecule has 0 aromatic heterocycles. The molecule has 0 radical (unpaired) electrons. The minimum atomic E-state index is -0.00253. The minimum Gasteiger partial charge on any atom is -0.352 e. The van der Waals surface area contributed by atoms with Crippen LogP contribution in [-0.4, -0.2) is 36.3 Å². The monoisotopic (exact) mass is 393 g/mol. The fourth-order valence-electron chi connectivity index (χ4n) is 3.84. The summed E-state index contributed by atoms with van der Waals surface area (Å²) in [7, 11) is 0. The summed E-state index contributed by atoms with van der Waals surface area (Å²) in [5.74, 6) is 0.140. The highest BCUT2D eigenvalue weighted by atomic mass is 16.2. The van der Waals surface area contributed by atoms with Gasteiger partial charge in [0.15, 0.2) is 0 Å². The van der Waals surface area contributed by atoms with Crippen LogP contribution in [0.2, 0.25) is 0 Å². The normalized spacial score (nSPS) is 15.1. The zero-order valence-corrected chi connectivity index (χ0v) is 17.6. The number of hydrogen-bond acceptors (Lipinski definition) is 3. The summed E-state index contributed by atoms with van der Waals surface area (Å²) < 4.78 is 0. The van der Waals surface area contributed by atoms with E-state index in [1.54, 1.807) is 0 Å². The van der Waals surface area contributed by atoms with Crippen molar-refractivity contribution < 1.29 is 9.59 Å². The highest BCUT2D eigenvalue weighted by Crippen LogP contribution is 2.18. The van der Waals surface area contributed by atoms with E-state index in [9.17, 15) is 9.59 Å². The molecule has 2 aromatic carbocycles. The molecule has 1 aliphatic rings. The number of amides is 2. The van der Waals surface area contributed by atoms with E-state index in [-0.39, 0.29) is 17.7 Å². The molecule has 1 heterocycles. The summed E-state index contributed by atoms with van der Waals surface area (Å²) >= 11 is 0. The molecule has 0 saturated carbocycles. The second kappa shape index (κ2) is 9.70. The van der Waals surface area contributed by atoms with Crippen molar-refractivity contribution in [1.82, 2.24) is 10.2 Å².